The van der Waals surface area contributed by atoms with Crippen LogP contribution in [0.2, 0.25) is 0 Å². The van der Waals surface area contributed by atoms with Crippen molar-refractivity contribution in [1.82, 2.24) is 5.43 Å². The molecular formula is C24H30FN3O. The van der Waals surface area contributed by atoms with Gasteiger partial charge in [0.25, 0.3) is 5.91 Å². The summed E-state index contributed by atoms with van der Waals surface area (Å²) in [4.78, 5) is 14.6. The lowest BCUT2D eigenvalue weighted by atomic mass is 9.78. The summed E-state index contributed by atoms with van der Waals surface area (Å²) in [6.45, 7) is 13.4. The van der Waals surface area contributed by atoms with Crippen molar-refractivity contribution in [2.45, 2.75) is 65.5 Å². The molecule has 0 aliphatic carbocycles. The van der Waals surface area contributed by atoms with Crippen LogP contribution in [-0.2, 0) is 0 Å². The van der Waals surface area contributed by atoms with Gasteiger partial charge in [-0.05, 0) is 87.9 Å². The van der Waals surface area contributed by atoms with Crippen LogP contribution >= 0.6 is 0 Å². The minimum atomic E-state index is -0.560. The minimum absolute atomic E-state index is 0.0183. The van der Waals surface area contributed by atoms with Gasteiger partial charge in [-0.1, -0.05) is 19.1 Å². The van der Waals surface area contributed by atoms with E-state index in [4.69, 9.17) is 0 Å². The molecule has 2 aromatic carbocycles. The summed E-state index contributed by atoms with van der Waals surface area (Å²) in [5.74, 6) is -0.692. The van der Waals surface area contributed by atoms with Gasteiger partial charge in [0.1, 0.15) is 5.82 Å². The van der Waals surface area contributed by atoms with Crippen LogP contribution in [-0.4, -0.2) is 23.7 Å². The lowest BCUT2D eigenvalue weighted by Gasteiger charge is -2.50. The molecule has 0 radical (unpaired) electrons. The van der Waals surface area contributed by atoms with Gasteiger partial charge in [-0.25, -0.2) is 9.82 Å². The molecule has 0 unspecified atom stereocenters. The Balaban J connectivity index is 1.87. The van der Waals surface area contributed by atoms with Gasteiger partial charge in [-0.2, -0.15) is 5.10 Å². The number of fused-ring (bicyclic) bond motifs is 1. The molecule has 0 saturated carbocycles. The molecule has 0 fully saturated rings. The van der Waals surface area contributed by atoms with Crippen LogP contribution in [0, 0.1) is 12.7 Å². The van der Waals surface area contributed by atoms with E-state index in [0.717, 1.165) is 17.5 Å². The number of nitrogens with one attached hydrogen (secondary N) is 1. The number of hydrogen-bond donors (Lipinski definition) is 1. The standard InChI is InChI=1S/C24H30FN3O/c1-15(2)28-22-11-16(3)18(12-20(22)17(4)13-24(28,5)6)14-26-27-23(29)19-9-7-8-10-21(19)25/h7-12,14-15,17H,13H2,1-6H3,(H,27,29)/b26-14-/t17-/m0/s1. The smallest absolute Gasteiger partial charge is 0.274 e. The Morgan fingerprint density at radius 1 is 1.31 bits per heavy atom. The number of amides is 1. The SMILES string of the molecule is Cc1cc2c(cc1/C=N\NC(=O)c1ccccc1F)[C@@H](C)CC(C)(C)N2C(C)C. The van der Waals surface area contributed by atoms with Crippen LogP contribution < -0.4 is 10.3 Å². The van der Waals surface area contributed by atoms with E-state index in [1.165, 1.54) is 23.4 Å². The van der Waals surface area contributed by atoms with E-state index in [2.05, 4.69) is 62.2 Å². The lowest BCUT2D eigenvalue weighted by molar-refractivity contribution is 0.0951. The summed E-state index contributed by atoms with van der Waals surface area (Å²) in [5.41, 5.74) is 7.11. The van der Waals surface area contributed by atoms with E-state index in [9.17, 15) is 9.18 Å². The van der Waals surface area contributed by atoms with Gasteiger partial charge < -0.3 is 4.90 Å². The highest BCUT2D eigenvalue weighted by molar-refractivity contribution is 5.95. The predicted molar refractivity (Wildman–Crippen MR) is 117 cm³/mol. The molecule has 0 bridgehead atoms. The molecule has 2 aromatic rings. The van der Waals surface area contributed by atoms with Crippen molar-refractivity contribution in [3.8, 4) is 0 Å². The molecule has 1 N–H and O–H groups in total. The van der Waals surface area contributed by atoms with Gasteiger partial charge in [-0.15, -0.1) is 0 Å². The third kappa shape index (κ3) is 4.19. The van der Waals surface area contributed by atoms with Crippen LogP contribution in [0.5, 0.6) is 0 Å². The predicted octanol–water partition coefficient (Wildman–Crippen LogP) is 5.40. The second-order valence-electron chi connectivity index (χ2n) is 8.83. The summed E-state index contributed by atoms with van der Waals surface area (Å²) in [6, 6.07) is 10.7. The van der Waals surface area contributed by atoms with Crippen molar-refractivity contribution in [3.05, 3.63) is 64.5 Å². The van der Waals surface area contributed by atoms with Gasteiger partial charge in [0.05, 0.1) is 11.8 Å². The fourth-order valence-electron chi connectivity index (χ4n) is 4.60. The number of carbonyl (C=O) groups is 1. The largest absolute Gasteiger partial charge is 0.364 e. The molecular weight excluding hydrogens is 365 g/mol. The van der Waals surface area contributed by atoms with Crippen LogP contribution in [0.3, 0.4) is 0 Å². The molecule has 1 atom stereocenters. The highest BCUT2D eigenvalue weighted by Crippen LogP contribution is 2.45. The molecule has 0 spiro atoms. The Morgan fingerprint density at radius 2 is 2.00 bits per heavy atom. The minimum Gasteiger partial charge on any atom is -0.364 e. The molecule has 3 rings (SSSR count). The molecule has 154 valence electrons. The molecule has 5 heteroatoms. The molecule has 1 amide bonds. The summed E-state index contributed by atoms with van der Waals surface area (Å²) in [7, 11) is 0. The first kappa shape index (κ1) is 21.0. The van der Waals surface area contributed by atoms with Crippen molar-refractivity contribution in [3.63, 3.8) is 0 Å². The number of halogens is 1. The first-order valence-electron chi connectivity index (χ1n) is 10.1. The number of carbonyl (C=O) groups excluding carboxylic acids is 1. The highest BCUT2D eigenvalue weighted by Gasteiger charge is 2.37. The molecule has 1 heterocycles. The zero-order valence-corrected chi connectivity index (χ0v) is 18.1. The van der Waals surface area contributed by atoms with E-state index in [1.807, 2.05) is 6.92 Å². The second kappa shape index (κ2) is 7.97. The van der Waals surface area contributed by atoms with Gasteiger partial charge in [-0.3, -0.25) is 4.79 Å². The second-order valence-corrected chi connectivity index (χ2v) is 8.83. The van der Waals surface area contributed by atoms with Gasteiger partial charge in [0.2, 0.25) is 0 Å². The zero-order chi connectivity index (χ0) is 21.3. The average Bonchev–Trinajstić information content (AvgIpc) is 2.61. The topological polar surface area (TPSA) is 44.7 Å². The Morgan fingerprint density at radius 3 is 2.66 bits per heavy atom. The fraction of sp³-hybridized carbons (Fsp3) is 0.417. The molecule has 0 aromatic heterocycles. The maximum Gasteiger partial charge on any atom is 0.274 e. The maximum atomic E-state index is 13.7. The van der Waals surface area contributed by atoms with Crippen LogP contribution in [0.1, 0.15) is 74.0 Å². The van der Waals surface area contributed by atoms with Crippen molar-refractivity contribution < 1.29 is 9.18 Å². The number of nitrogens with zero attached hydrogens (tertiary/aromatic N) is 2. The van der Waals surface area contributed by atoms with E-state index < -0.39 is 11.7 Å². The van der Waals surface area contributed by atoms with Crippen LogP contribution in [0.15, 0.2) is 41.5 Å². The number of rotatable bonds is 4. The Bertz CT molecular complexity index is 949. The monoisotopic (exact) mass is 395 g/mol. The fourth-order valence-corrected chi connectivity index (χ4v) is 4.60. The Labute approximate surface area is 172 Å². The number of hydrazone groups is 1. The van der Waals surface area contributed by atoms with Gasteiger partial charge in [0, 0.05) is 17.3 Å². The molecule has 4 nitrogen and oxygen atoms in total. The average molecular weight is 396 g/mol. The highest BCUT2D eigenvalue weighted by atomic mass is 19.1. The third-order valence-electron chi connectivity index (χ3n) is 5.67. The van der Waals surface area contributed by atoms with Crippen molar-refractivity contribution >= 4 is 17.8 Å². The van der Waals surface area contributed by atoms with Gasteiger partial charge in [0.15, 0.2) is 0 Å². The van der Waals surface area contributed by atoms with Crippen LogP contribution in [0.4, 0.5) is 10.1 Å². The molecule has 0 saturated heterocycles. The number of anilines is 1. The molecule has 29 heavy (non-hydrogen) atoms. The lowest BCUT2D eigenvalue weighted by Crippen LogP contribution is -2.51. The van der Waals surface area contributed by atoms with E-state index in [1.54, 1.807) is 18.3 Å². The maximum absolute atomic E-state index is 13.7. The number of benzene rings is 2. The van der Waals surface area contributed by atoms with E-state index >= 15 is 0 Å². The van der Waals surface area contributed by atoms with E-state index in [-0.39, 0.29) is 11.1 Å². The normalized spacial score (nSPS) is 18.2. The summed E-state index contributed by atoms with van der Waals surface area (Å²) in [6.07, 6.45) is 2.71. The van der Waals surface area contributed by atoms with Crippen LogP contribution in [0.25, 0.3) is 0 Å². The van der Waals surface area contributed by atoms with Crippen molar-refractivity contribution in [2.24, 2.45) is 5.10 Å². The van der Waals surface area contributed by atoms with Crippen molar-refractivity contribution in [2.75, 3.05) is 4.90 Å². The number of aryl methyl sites for hydroxylation is 1. The summed E-state index contributed by atoms with van der Waals surface area (Å²) >= 11 is 0. The Kier molecular flexibility index (Phi) is 5.78. The molecule has 1 aliphatic rings. The first-order chi connectivity index (χ1) is 13.6. The molecule has 1 aliphatic heterocycles. The quantitative estimate of drug-likeness (QED) is 0.556. The third-order valence-corrected chi connectivity index (χ3v) is 5.67. The van der Waals surface area contributed by atoms with E-state index in [0.29, 0.717) is 12.0 Å². The van der Waals surface area contributed by atoms with Gasteiger partial charge >= 0.3 is 0 Å². The summed E-state index contributed by atoms with van der Waals surface area (Å²) in [5, 5.41) is 4.07. The summed E-state index contributed by atoms with van der Waals surface area (Å²) < 4.78 is 13.7. The first-order valence-corrected chi connectivity index (χ1v) is 10.1. The Hall–Kier alpha value is -2.69. The zero-order valence-electron chi connectivity index (χ0n) is 18.1. The number of hydrogen-bond acceptors (Lipinski definition) is 3. The van der Waals surface area contributed by atoms with Crippen molar-refractivity contribution in [1.29, 1.82) is 0 Å².